The molecule has 2 N–H and O–H groups in total. The standard InChI is InChI=1S/C24H29ClN2O3/c1-3-16(2)22(26-23(29)19-4-8-20(25)9-5-19)24(30)27-14-12-18(13-15-27)17-6-10-21(28)11-7-17/h4-11,16,18,22,28H,3,12-15H2,1-2H3,(H,26,29). The number of amides is 2. The van der Waals surface area contributed by atoms with Gasteiger partial charge in [-0.05, 0) is 66.6 Å². The predicted octanol–water partition coefficient (Wildman–Crippen LogP) is 4.60. The Hall–Kier alpha value is -2.53. The topological polar surface area (TPSA) is 69.6 Å². The van der Waals surface area contributed by atoms with Gasteiger partial charge in [0, 0.05) is 23.7 Å². The molecule has 0 aromatic heterocycles. The van der Waals surface area contributed by atoms with Gasteiger partial charge in [-0.3, -0.25) is 9.59 Å². The zero-order valence-electron chi connectivity index (χ0n) is 17.5. The molecule has 1 heterocycles. The van der Waals surface area contributed by atoms with Crippen molar-refractivity contribution in [3.63, 3.8) is 0 Å². The Kier molecular flexibility index (Phi) is 7.38. The normalized spacial score (nSPS) is 16.7. The number of hydrogen-bond donors (Lipinski definition) is 2. The van der Waals surface area contributed by atoms with Gasteiger partial charge >= 0.3 is 0 Å². The van der Waals surface area contributed by atoms with Crippen LogP contribution in [0.15, 0.2) is 48.5 Å². The molecule has 2 unspecified atom stereocenters. The maximum Gasteiger partial charge on any atom is 0.251 e. The summed E-state index contributed by atoms with van der Waals surface area (Å²) in [5.41, 5.74) is 1.68. The van der Waals surface area contributed by atoms with Crippen molar-refractivity contribution in [2.75, 3.05) is 13.1 Å². The molecule has 0 radical (unpaired) electrons. The average molecular weight is 429 g/mol. The summed E-state index contributed by atoms with van der Waals surface area (Å²) in [6.07, 6.45) is 2.53. The first-order valence-corrected chi connectivity index (χ1v) is 10.9. The highest BCUT2D eigenvalue weighted by Gasteiger charge is 2.32. The van der Waals surface area contributed by atoms with Crippen LogP contribution in [-0.4, -0.2) is 41.0 Å². The van der Waals surface area contributed by atoms with Crippen LogP contribution in [0.4, 0.5) is 0 Å². The number of likely N-dealkylation sites (tertiary alicyclic amines) is 1. The van der Waals surface area contributed by atoms with Crippen molar-refractivity contribution in [1.82, 2.24) is 10.2 Å². The number of benzene rings is 2. The number of piperidine rings is 1. The van der Waals surface area contributed by atoms with E-state index < -0.39 is 6.04 Å². The monoisotopic (exact) mass is 428 g/mol. The summed E-state index contributed by atoms with van der Waals surface area (Å²) in [4.78, 5) is 27.8. The molecule has 0 aliphatic carbocycles. The number of phenolic OH excluding ortho intramolecular Hbond substituents is 1. The van der Waals surface area contributed by atoms with E-state index in [2.05, 4.69) is 5.32 Å². The quantitative estimate of drug-likeness (QED) is 0.706. The van der Waals surface area contributed by atoms with Crippen molar-refractivity contribution < 1.29 is 14.7 Å². The number of phenols is 1. The molecular formula is C24H29ClN2O3. The summed E-state index contributed by atoms with van der Waals surface area (Å²) in [5.74, 6) is 0.392. The second-order valence-electron chi connectivity index (χ2n) is 8.03. The number of hydrogen-bond acceptors (Lipinski definition) is 3. The molecule has 0 bridgehead atoms. The summed E-state index contributed by atoms with van der Waals surface area (Å²) in [6, 6.07) is 13.4. The second-order valence-corrected chi connectivity index (χ2v) is 8.47. The van der Waals surface area contributed by atoms with E-state index >= 15 is 0 Å². The minimum absolute atomic E-state index is 0.0178. The smallest absolute Gasteiger partial charge is 0.251 e. The van der Waals surface area contributed by atoms with E-state index in [4.69, 9.17) is 11.6 Å². The molecule has 2 aromatic carbocycles. The minimum Gasteiger partial charge on any atom is -0.508 e. The Labute approximate surface area is 183 Å². The van der Waals surface area contributed by atoms with Crippen molar-refractivity contribution in [1.29, 1.82) is 0 Å². The highest BCUT2D eigenvalue weighted by Crippen LogP contribution is 2.29. The van der Waals surface area contributed by atoms with Crippen molar-refractivity contribution in [2.45, 2.75) is 45.1 Å². The molecule has 2 atom stereocenters. The van der Waals surface area contributed by atoms with Crippen LogP contribution in [-0.2, 0) is 4.79 Å². The van der Waals surface area contributed by atoms with E-state index in [9.17, 15) is 14.7 Å². The van der Waals surface area contributed by atoms with Crippen LogP contribution in [0, 0.1) is 5.92 Å². The van der Waals surface area contributed by atoms with Crippen LogP contribution in [0.3, 0.4) is 0 Å². The van der Waals surface area contributed by atoms with Crippen molar-refractivity contribution >= 4 is 23.4 Å². The first-order valence-electron chi connectivity index (χ1n) is 10.5. The molecule has 1 fully saturated rings. The summed E-state index contributed by atoms with van der Waals surface area (Å²) >= 11 is 5.91. The third-order valence-corrected chi connectivity index (χ3v) is 6.30. The Bertz CT molecular complexity index is 859. The third kappa shape index (κ3) is 5.33. The number of carbonyl (C=O) groups excluding carboxylic acids is 2. The lowest BCUT2D eigenvalue weighted by molar-refractivity contribution is -0.135. The third-order valence-electron chi connectivity index (χ3n) is 6.04. The lowest BCUT2D eigenvalue weighted by Crippen LogP contribution is -2.53. The van der Waals surface area contributed by atoms with E-state index in [0.29, 0.717) is 29.6 Å². The van der Waals surface area contributed by atoms with Gasteiger partial charge in [0.1, 0.15) is 11.8 Å². The van der Waals surface area contributed by atoms with Gasteiger partial charge in [-0.2, -0.15) is 0 Å². The fourth-order valence-corrected chi connectivity index (χ4v) is 4.01. The highest BCUT2D eigenvalue weighted by atomic mass is 35.5. The van der Waals surface area contributed by atoms with Crippen molar-refractivity contribution in [2.24, 2.45) is 5.92 Å². The second kappa shape index (κ2) is 9.98. The van der Waals surface area contributed by atoms with E-state index in [1.54, 1.807) is 36.4 Å². The van der Waals surface area contributed by atoms with Gasteiger partial charge in [-0.1, -0.05) is 44.0 Å². The molecular weight excluding hydrogens is 400 g/mol. The summed E-state index contributed by atoms with van der Waals surface area (Å²) in [6.45, 7) is 5.34. The summed E-state index contributed by atoms with van der Waals surface area (Å²) < 4.78 is 0. The van der Waals surface area contributed by atoms with Gasteiger partial charge in [-0.15, -0.1) is 0 Å². The minimum atomic E-state index is -0.552. The van der Waals surface area contributed by atoms with Gasteiger partial charge in [0.15, 0.2) is 0 Å². The molecule has 3 rings (SSSR count). The van der Waals surface area contributed by atoms with Gasteiger partial charge in [0.25, 0.3) is 5.91 Å². The largest absolute Gasteiger partial charge is 0.508 e. The van der Waals surface area contributed by atoms with Crippen LogP contribution < -0.4 is 5.32 Å². The maximum atomic E-state index is 13.3. The SMILES string of the molecule is CCC(C)C(NC(=O)c1ccc(Cl)cc1)C(=O)N1CCC(c2ccc(O)cc2)CC1. The number of halogens is 1. The fraction of sp³-hybridized carbons (Fsp3) is 0.417. The average Bonchev–Trinajstić information content (AvgIpc) is 2.77. The molecule has 30 heavy (non-hydrogen) atoms. The molecule has 0 spiro atoms. The van der Waals surface area contributed by atoms with Gasteiger partial charge < -0.3 is 15.3 Å². The predicted molar refractivity (Wildman–Crippen MR) is 119 cm³/mol. The Morgan fingerprint density at radius 1 is 1.10 bits per heavy atom. The van der Waals surface area contributed by atoms with Crippen LogP contribution >= 0.6 is 11.6 Å². The fourth-order valence-electron chi connectivity index (χ4n) is 3.89. The van der Waals surface area contributed by atoms with Crippen LogP contribution in [0.2, 0.25) is 5.02 Å². The van der Waals surface area contributed by atoms with E-state index in [-0.39, 0.29) is 23.5 Å². The Morgan fingerprint density at radius 2 is 1.70 bits per heavy atom. The molecule has 1 saturated heterocycles. The Morgan fingerprint density at radius 3 is 2.27 bits per heavy atom. The maximum absolute atomic E-state index is 13.3. The van der Waals surface area contributed by atoms with Gasteiger partial charge in [0.2, 0.25) is 5.91 Å². The summed E-state index contributed by atoms with van der Waals surface area (Å²) in [7, 11) is 0. The molecule has 0 saturated carbocycles. The number of rotatable bonds is 6. The van der Waals surface area contributed by atoms with Crippen LogP contribution in [0.25, 0.3) is 0 Å². The van der Waals surface area contributed by atoms with Gasteiger partial charge in [-0.25, -0.2) is 0 Å². The molecule has 2 aromatic rings. The number of carbonyl (C=O) groups is 2. The molecule has 6 heteroatoms. The van der Waals surface area contributed by atoms with Crippen molar-refractivity contribution in [3.05, 3.63) is 64.7 Å². The van der Waals surface area contributed by atoms with Gasteiger partial charge in [0.05, 0.1) is 0 Å². The molecule has 1 aliphatic heterocycles. The lowest BCUT2D eigenvalue weighted by Gasteiger charge is -2.36. The van der Waals surface area contributed by atoms with Crippen LogP contribution in [0.1, 0.15) is 54.9 Å². The summed E-state index contributed by atoms with van der Waals surface area (Å²) in [5, 5.41) is 13.0. The number of nitrogens with zero attached hydrogens (tertiary/aromatic N) is 1. The molecule has 5 nitrogen and oxygen atoms in total. The molecule has 2 amide bonds. The lowest BCUT2D eigenvalue weighted by atomic mass is 9.88. The van der Waals surface area contributed by atoms with E-state index in [1.165, 1.54) is 5.56 Å². The first kappa shape index (κ1) is 22.2. The number of nitrogens with one attached hydrogen (secondary N) is 1. The number of aromatic hydroxyl groups is 1. The van der Waals surface area contributed by atoms with Crippen LogP contribution in [0.5, 0.6) is 5.75 Å². The zero-order chi connectivity index (χ0) is 21.7. The highest BCUT2D eigenvalue weighted by molar-refractivity contribution is 6.30. The molecule has 1 aliphatic rings. The molecule has 160 valence electrons. The zero-order valence-corrected chi connectivity index (χ0v) is 18.2. The Balaban J connectivity index is 1.64. The van der Waals surface area contributed by atoms with E-state index in [0.717, 1.165) is 19.3 Å². The van der Waals surface area contributed by atoms with E-state index in [1.807, 2.05) is 30.9 Å². The first-order chi connectivity index (χ1) is 14.4. The van der Waals surface area contributed by atoms with Crippen molar-refractivity contribution in [3.8, 4) is 5.75 Å².